The lowest BCUT2D eigenvalue weighted by Crippen LogP contribution is -2.33. The van der Waals surface area contributed by atoms with Gasteiger partial charge in [0.15, 0.2) is 6.61 Å². The maximum Gasteiger partial charge on any atom is 0.366 e. The standard InChI is InChI=1S/C17H9FN2O6/c18-11-6-13-12(19-14(21)7-25-13)5-10(11)17(24)26-20-15(22)8-3-1-2-4-9(8)16(20)23/h1-6H,7H2,(H,19,21). The minimum Gasteiger partial charge on any atom is -0.481 e. The first-order valence-corrected chi connectivity index (χ1v) is 7.42. The number of nitrogens with one attached hydrogen (secondary N) is 1. The van der Waals surface area contributed by atoms with E-state index in [0.29, 0.717) is 0 Å². The van der Waals surface area contributed by atoms with Crippen LogP contribution in [0.1, 0.15) is 31.1 Å². The lowest BCUT2D eigenvalue weighted by Gasteiger charge is -2.19. The van der Waals surface area contributed by atoms with Gasteiger partial charge in [0.1, 0.15) is 17.1 Å². The lowest BCUT2D eigenvalue weighted by molar-refractivity contribution is -0.118. The first-order chi connectivity index (χ1) is 12.5. The SMILES string of the molecule is O=C1COc2cc(F)c(C(=O)ON3C(=O)c4ccccc4C3=O)cc2N1. The summed E-state index contributed by atoms with van der Waals surface area (Å²) in [6.07, 6.45) is 0. The first kappa shape index (κ1) is 15.8. The van der Waals surface area contributed by atoms with Gasteiger partial charge in [-0.15, -0.1) is 0 Å². The Morgan fingerprint density at radius 2 is 1.77 bits per heavy atom. The molecule has 26 heavy (non-hydrogen) atoms. The molecule has 8 nitrogen and oxygen atoms in total. The third kappa shape index (κ3) is 2.37. The van der Waals surface area contributed by atoms with Gasteiger partial charge in [0.05, 0.1) is 16.8 Å². The summed E-state index contributed by atoms with van der Waals surface area (Å²) in [5.41, 5.74) is -0.322. The fourth-order valence-corrected chi connectivity index (χ4v) is 2.64. The molecule has 0 bridgehead atoms. The third-order valence-corrected chi connectivity index (χ3v) is 3.85. The Bertz CT molecular complexity index is 968. The number of hydrogen-bond donors (Lipinski definition) is 1. The number of carbonyl (C=O) groups excluding carboxylic acids is 4. The number of amides is 3. The zero-order chi connectivity index (χ0) is 18.4. The van der Waals surface area contributed by atoms with Gasteiger partial charge < -0.3 is 14.9 Å². The van der Waals surface area contributed by atoms with E-state index < -0.39 is 35.1 Å². The van der Waals surface area contributed by atoms with Crippen molar-refractivity contribution < 1.29 is 33.1 Å². The lowest BCUT2D eigenvalue weighted by atomic mass is 10.1. The fraction of sp³-hybridized carbons (Fsp3) is 0.0588. The maximum atomic E-state index is 14.2. The van der Waals surface area contributed by atoms with Gasteiger partial charge in [-0.3, -0.25) is 14.4 Å². The van der Waals surface area contributed by atoms with Gasteiger partial charge in [-0.05, 0) is 18.2 Å². The summed E-state index contributed by atoms with van der Waals surface area (Å²) >= 11 is 0. The van der Waals surface area contributed by atoms with Crippen molar-refractivity contribution in [3.05, 3.63) is 58.9 Å². The van der Waals surface area contributed by atoms with Gasteiger partial charge in [-0.1, -0.05) is 17.2 Å². The molecule has 0 atom stereocenters. The van der Waals surface area contributed by atoms with E-state index in [-0.39, 0.29) is 34.2 Å². The second-order valence-electron chi connectivity index (χ2n) is 5.49. The predicted molar refractivity (Wildman–Crippen MR) is 82.9 cm³/mol. The van der Waals surface area contributed by atoms with E-state index in [1.165, 1.54) is 12.1 Å². The molecule has 4 rings (SSSR count). The van der Waals surface area contributed by atoms with Gasteiger partial charge in [0.2, 0.25) is 0 Å². The van der Waals surface area contributed by atoms with Gasteiger partial charge in [-0.25, -0.2) is 9.18 Å². The molecular formula is C17H9FN2O6. The third-order valence-electron chi connectivity index (χ3n) is 3.85. The Morgan fingerprint density at radius 1 is 1.12 bits per heavy atom. The molecule has 0 saturated carbocycles. The van der Waals surface area contributed by atoms with Crippen LogP contribution < -0.4 is 10.1 Å². The van der Waals surface area contributed by atoms with Crippen molar-refractivity contribution >= 4 is 29.4 Å². The van der Waals surface area contributed by atoms with Gasteiger partial charge in [-0.2, -0.15) is 0 Å². The number of ether oxygens (including phenoxy) is 1. The summed E-state index contributed by atoms with van der Waals surface area (Å²) in [6, 6.07) is 7.86. The molecule has 0 spiro atoms. The number of anilines is 1. The second kappa shape index (κ2) is 5.66. The highest BCUT2D eigenvalue weighted by Gasteiger charge is 2.39. The summed E-state index contributed by atoms with van der Waals surface area (Å²) in [5, 5.41) is 2.70. The molecule has 130 valence electrons. The van der Waals surface area contributed by atoms with Crippen molar-refractivity contribution in [1.82, 2.24) is 5.06 Å². The van der Waals surface area contributed by atoms with Crippen LogP contribution in [0.2, 0.25) is 0 Å². The van der Waals surface area contributed by atoms with Crippen molar-refractivity contribution in [3.63, 3.8) is 0 Å². The smallest absolute Gasteiger partial charge is 0.366 e. The molecule has 2 aromatic carbocycles. The molecule has 9 heteroatoms. The zero-order valence-corrected chi connectivity index (χ0v) is 12.9. The number of benzene rings is 2. The molecule has 3 amide bonds. The minimum atomic E-state index is -1.26. The van der Waals surface area contributed by atoms with Crippen LogP contribution in [0, 0.1) is 5.82 Å². The van der Waals surface area contributed by atoms with E-state index in [0.717, 1.165) is 12.1 Å². The summed E-state index contributed by atoms with van der Waals surface area (Å²) in [5.74, 6) is -4.31. The average molecular weight is 356 g/mol. The Hall–Kier alpha value is -3.75. The highest BCUT2D eigenvalue weighted by Crippen LogP contribution is 2.31. The fourth-order valence-electron chi connectivity index (χ4n) is 2.64. The summed E-state index contributed by atoms with van der Waals surface area (Å²) in [4.78, 5) is 52.8. The predicted octanol–water partition coefficient (Wildman–Crippen LogP) is 1.52. The topological polar surface area (TPSA) is 102 Å². The van der Waals surface area contributed by atoms with Crippen LogP contribution in [0.25, 0.3) is 0 Å². The van der Waals surface area contributed by atoms with E-state index in [2.05, 4.69) is 5.32 Å². The van der Waals surface area contributed by atoms with Gasteiger partial charge in [0, 0.05) is 6.07 Å². The molecule has 0 unspecified atom stereocenters. The van der Waals surface area contributed by atoms with Crippen LogP contribution in [0.4, 0.5) is 10.1 Å². The molecular weight excluding hydrogens is 347 g/mol. The van der Waals surface area contributed by atoms with Crippen molar-refractivity contribution in [3.8, 4) is 5.75 Å². The van der Waals surface area contributed by atoms with E-state index >= 15 is 0 Å². The Kier molecular flexibility index (Phi) is 3.43. The van der Waals surface area contributed by atoms with E-state index in [4.69, 9.17) is 9.57 Å². The summed E-state index contributed by atoms with van der Waals surface area (Å²) in [7, 11) is 0. The number of imide groups is 1. The number of hydroxylamine groups is 2. The summed E-state index contributed by atoms with van der Waals surface area (Å²) in [6.45, 7) is -0.273. The molecule has 1 N–H and O–H groups in total. The molecule has 2 aliphatic heterocycles. The maximum absolute atomic E-state index is 14.2. The van der Waals surface area contributed by atoms with Crippen LogP contribution in [0.3, 0.4) is 0 Å². The molecule has 2 heterocycles. The van der Waals surface area contributed by atoms with Crippen LogP contribution in [-0.4, -0.2) is 35.4 Å². The molecule has 0 saturated heterocycles. The number of nitrogens with zero attached hydrogens (tertiary/aromatic N) is 1. The number of fused-ring (bicyclic) bond motifs is 2. The number of halogens is 1. The molecule has 0 aliphatic carbocycles. The molecule has 2 aliphatic rings. The van der Waals surface area contributed by atoms with Crippen molar-refractivity contribution in [1.29, 1.82) is 0 Å². The molecule has 0 fully saturated rings. The number of carbonyl (C=O) groups is 4. The van der Waals surface area contributed by atoms with E-state index in [1.54, 1.807) is 12.1 Å². The minimum absolute atomic E-state index is 0.0550. The second-order valence-corrected chi connectivity index (χ2v) is 5.49. The number of hydrogen-bond acceptors (Lipinski definition) is 6. The first-order valence-electron chi connectivity index (χ1n) is 7.42. The van der Waals surface area contributed by atoms with E-state index in [9.17, 15) is 23.6 Å². The van der Waals surface area contributed by atoms with Gasteiger partial charge in [0.25, 0.3) is 17.7 Å². The quantitative estimate of drug-likeness (QED) is 0.819. The van der Waals surface area contributed by atoms with Crippen LogP contribution in [0.5, 0.6) is 5.75 Å². The summed E-state index contributed by atoms with van der Waals surface area (Å²) < 4.78 is 19.2. The van der Waals surface area contributed by atoms with Crippen LogP contribution in [0.15, 0.2) is 36.4 Å². The monoisotopic (exact) mass is 356 g/mol. The molecule has 0 aromatic heterocycles. The van der Waals surface area contributed by atoms with Crippen LogP contribution >= 0.6 is 0 Å². The van der Waals surface area contributed by atoms with E-state index in [1.807, 2.05) is 0 Å². The molecule has 0 radical (unpaired) electrons. The highest BCUT2D eigenvalue weighted by molar-refractivity contribution is 6.21. The number of rotatable bonds is 2. The Morgan fingerprint density at radius 3 is 2.42 bits per heavy atom. The van der Waals surface area contributed by atoms with Crippen molar-refractivity contribution in [2.75, 3.05) is 11.9 Å². The highest BCUT2D eigenvalue weighted by atomic mass is 19.1. The normalized spacial score (nSPS) is 15.1. The largest absolute Gasteiger partial charge is 0.481 e. The van der Waals surface area contributed by atoms with Crippen molar-refractivity contribution in [2.45, 2.75) is 0 Å². The Labute approximate surface area is 145 Å². The zero-order valence-electron chi connectivity index (χ0n) is 12.9. The van der Waals surface area contributed by atoms with Crippen LogP contribution in [-0.2, 0) is 9.63 Å². The Balaban J connectivity index is 1.62. The van der Waals surface area contributed by atoms with Crippen molar-refractivity contribution in [2.24, 2.45) is 0 Å². The van der Waals surface area contributed by atoms with Gasteiger partial charge >= 0.3 is 5.97 Å². The average Bonchev–Trinajstić information content (AvgIpc) is 2.87. The molecule has 2 aromatic rings.